The Morgan fingerprint density at radius 1 is 1.28 bits per heavy atom. The van der Waals surface area contributed by atoms with Crippen molar-refractivity contribution < 1.29 is 14.3 Å². The van der Waals surface area contributed by atoms with Gasteiger partial charge in [-0.3, -0.25) is 14.5 Å². The van der Waals surface area contributed by atoms with Crippen LogP contribution in [-0.2, 0) is 14.3 Å². The first-order chi connectivity index (χ1) is 8.51. The summed E-state index contributed by atoms with van der Waals surface area (Å²) in [5.74, 6) is -0.331. The van der Waals surface area contributed by atoms with Gasteiger partial charge in [0.1, 0.15) is 0 Å². The van der Waals surface area contributed by atoms with E-state index < -0.39 is 11.5 Å². The molecule has 2 amide bonds. The van der Waals surface area contributed by atoms with Crippen LogP contribution in [-0.4, -0.2) is 66.5 Å². The molecule has 2 aliphatic rings. The number of likely N-dealkylation sites (tertiary alicyclic amines) is 1. The molecule has 0 saturated carbocycles. The molecule has 0 aromatic heterocycles. The highest BCUT2D eigenvalue weighted by atomic mass is 16.5. The molecule has 6 heteroatoms. The summed E-state index contributed by atoms with van der Waals surface area (Å²) in [6.07, 6.45) is 2.18. The molecule has 0 aromatic carbocycles. The van der Waals surface area contributed by atoms with Crippen molar-refractivity contribution in [3.8, 4) is 0 Å². The third-order valence-electron chi connectivity index (χ3n) is 3.69. The lowest BCUT2D eigenvalue weighted by atomic mass is 10.0. The topological polar surface area (TPSA) is 75.9 Å². The second kappa shape index (κ2) is 5.24. The van der Waals surface area contributed by atoms with Crippen LogP contribution in [0.4, 0.5) is 0 Å². The van der Waals surface area contributed by atoms with Crippen LogP contribution in [0, 0.1) is 0 Å². The van der Waals surface area contributed by atoms with Crippen LogP contribution in [0.15, 0.2) is 0 Å². The molecule has 2 saturated heterocycles. The van der Waals surface area contributed by atoms with Gasteiger partial charge in [-0.25, -0.2) is 0 Å². The summed E-state index contributed by atoms with van der Waals surface area (Å²) in [6, 6.07) is 0. The quantitative estimate of drug-likeness (QED) is 0.715. The first-order valence-electron chi connectivity index (χ1n) is 6.45. The average Bonchev–Trinajstić information content (AvgIpc) is 2.82. The molecule has 1 atom stereocenters. The molecule has 2 N–H and O–H groups in total. The zero-order valence-electron chi connectivity index (χ0n) is 10.9. The predicted octanol–water partition coefficient (Wildman–Crippen LogP) is -0.815. The van der Waals surface area contributed by atoms with Crippen molar-refractivity contribution in [2.45, 2.75) is 25.4 Å². The van der Waals surface area contributed by atoms with Crippen LogP contribution in [0.3, 0.4) is 0 Å². The molecule has 0 spiro atoms. The minimum absolute atomic E-state index is 0.140. The van der Waals surface area contributed by atoms with Crippen LogP contribution < -0.4 is 5.73 Å². The number of hydrogen-bond donors (Lipinski definition) is 1. The Bertz CT molecular complexity index is 341. The summed E-state index contributed by atoms with van der Waals surface area (Å²) < 4.78 is 5.42. The molecular weight excluding hydrogens is 234 g/mol. The van der Waals surface area contributed by atoms with Gasteiger partial charge in [-0.05, 0) is 19.8 Å². The maximum Gasteiger partial charge on any atom is 0.250 e. The number of morpholine rings is 1. The van der Waals surface area contributed by atoms with E-state index in [0.29, 0.717) is 26.2 Å². The largest absolute Gasteiger partial charge is 0.367 e. The van der Waals surface area contributed by atoms with Gasteiger partial charge in [0.25, 0.3) is 5.91 Å². The van der Waals surface area contributed by atoms with Crippen molar-refractivity contribution in [2.24, 2.45) is 5.73 Å². The van der Waals surface area contributed by atoms with Gasteiger partial charge in [-0.2, -0.15) is 0 Å². The number of primary amides is 1. The maximum absolute atomic E-state index is 12.0. The molecule has 6 nitrogen and oxygen atoms in total. The number of nitrogens with zero attached hydrogens (tertiary/aromatic N) is 2. The van der Waals surface area contributed by atoms with E-state index in [9.17, 15) is 9.59 Å². The smallest absolute Gasteiger partial charge is 0.250 e. The van der Waals surface area contributed by atoms with Gasteiger partial charge in [0.2, 0.25) is 5.91 Å². The molecule has 0 aromatic rings. The molecule has 2 rings (SSSR count). The average molecular weight is 255 g/mol. The Hall–Kier alpha value is -1.14. The zero-order valence-corrected chi connectivity index (χ0v) is 10.9. The summed E-state index contributed by atoms with van der Waals surface area (Å²) in [6.45, 7) is 5.25. The first-order valence-corrected chi connectivity index (χ1v) is 6.45. The number of carbonyl (C=O) groups is 2. The van der Waals surface area contributed by atoms with Crippen LogP contribution >= 0.6 is 0 Å². The zero-order chi connectivity index (χ0) is 13.2. The summed E-state index contributed by atoms with van der Waals surface area (Å²) in [4.78, 5) is 27.2. The fraction of sp³-hybridized carbons (Fsp3) is 0.833. The van der Waals surface area contributed by atoms with E-state index in [1.54, 1.807) is 6.92 Å². The van der Waals surface area contributed by atoms with Gasteiger partial charge in [0, 0.05) is 26.2 Å². The highest BCUT2D eigenvalue weighted by molar-refractivity contribution is 5.83. The molecule has 2 aliphatic heterocycles. The number of amides is 2. The summed E-state index contributed by atoms with van der Waals surface area (Å²) >= 11 is 0. The number of ether oxygens (including phenoxy) is 1. The third kappa shape index (κ3) is 2.81. The van der Waals surface area contributed by atoms with Gasteiger partial charge in [0.15, 0.2) is 5.60 Å². The van der Waals surface area contributed by atoms with Crippen LogP contribution in [0.2, 0.25) is 0 Å². The Kier molecular flexibility index (Phi) is 3.87. The summed E-state index contributed by atoms with van der Waals surface area (Å²) in [7, 11) is 0. The summed E-state index contributed by atoms with van der Waals surface area (Å²) in [5.41, 5.74) is 4.36. The number of nitrogens with two attached hydrogens (primary N) is 1. The predicted molar refractivity (Wildman–Crippen MR) is 65.8 cm³/mol. The third-order valence-corrected chi connectivity index (χ3v) is 3.69. The number of rotatable bonds is 3. The maximum atomic E-state index is 12.0. The lowest BCUT2D eigenvalue weighted by molar-refractivity contribution is -0.155. The Morgan fingerprint density at radius 3 is 2.56 bits per heavy atom. The van der Waals surface area contributed by atoms with E-state index >= 15 is 0 Å². The SMILES string of the molecule is CC1(C(N)=O)CN(CC(=O)N2CCCC2)CCO1. The van der Waals surface area contributed by atoms with Crippen molar-refractivity contribution >= 4 is 11.8 Å². The van der Waals surface area contributed by atoms with E-state index in [1.807, 2.05) is 9.80 Å². The molecule has 102 valence electrons. The molecular formula is C12H21N3O3. The Morgan fingerprint density at radius 2 is 1.94 bits per heavy atom. The van der Waals surface area contributed by atoms with Crippen LogP contribution in [0.25, 0.3) is 0 Å². The highest BCUT2D eigenvalue weighted by Gasteiger charge is 2.38. The van der Waals surface area contributed by atoms with Crippen molar-refractivity contribution in [2.75, 3.05) is 39.3 Å². The van der Waals surface area contributed by atoms with Crippen molar-refractivity contribution in [3.05, 3.63) is 0 Å². The van der Waals surface area contributed by atoms with Gasteiger partial charge >= 0.3 is 0 Å². The molecule has 0 radical (unpaired) electrons. The lowest BCUT2D eigenvalue weighted by Gasteiger charge is -2.38. The van der Waals surface area contributed by atoms with E-state index in [-0.39, 0.29) is 5.91 Å². The molecule has 2 fully saturated rings. The fourth-order valence-corrected chi connectivity index (χ4v) is 2.49. The van der Waals surface area contributed by atoms with Gasteiger partial charge in [0.05, 0.1) is 13.2 Å². The molecule has 0 bridgehead atoms. The van der Waals surface area contributed by atoms with Gasteiger partial charge in [-0.1, -0.05) is 0 Å². The normalized spacial score (nSPS) is 29.5. The van der Waals surface area contributed by atoms with Gasteiger partial charge < -0.3 is 15.4 Å². The van der Waals surface area contributed by atoms with E-state index in [4.69, 9.17) is 10.5 Å². The van der Waals surface area contributed by atoms with Crippen LogP contribution in [0.5, 0.6) is 0 Å². The molecule has 18 heavy (non-hydrogen) atoms. The molecule has 2 heterocycles. The first kappa shape index (κ1) is 13.3. The van der Waals surface area contributed by atoms with E-state index in [0.717, 1.165) is 25.9 Å². The second-order valence-corrected chi connectivity index (χ2v) is 5.24. The monoisotopic (exact) mass is 255 g/mol. The summed E-state index contributed by atoms with van der Waals surface area (Å²) in [5, 5.41) is 0. The van der Waals surface area contributed by atoms with Gasteiger partial charge in [-0.15, -0.1) is 0 Å². The van der Waals surface area contributed by atoms with Crippen molar-refractivity contribution in [1.82, 2.24) is 9.80 Å². The van der Waals surface area contributed by atoms with E-state index in [2.05, 4.69) is 0 Å². The van der Waals surface area contributed by atoms with Crippen molar-refractivity contribution in [3.63, 3.8) is 0 Å². The molecule has 0 aliphatic carbocycles. The van der Waals surface area contributed by atoms with E-state index in [1.165, 1.54) is 0 Å². The van der Waals surface area contributed by atoms with Crippen LogP contribution in [0.1, 0.15) is 19.8 Å². The highest BCUT2D eigenvalue weighted by Crippen LogP contribution is 2.17. The lowest BCUT2D eigenvalue weighted by Crippen LogP contribution is -2.58. The standard InChI is InChI=1S/C12H21N3O3/c1-12(11(13)17)9-14(6-7-18-12)8-10(16)15-4-2-3-5-15/h2-9H2,1H3,(H2,13,17). The second-order valence-electron chi connectivity index (χ2n) is 5.24. The Labute approximate surface area is 107 Å². The Balaban J connectivity index is 1.89. The minimum atomic E-state index is -0.969. The fourth-order valence-electron chi connectivity index (χ4n) is 2.49. The van der Waals surface area contributed by atoms with Crippen molar-refractivity contribution in [1.29, 1.82) is 0 Å². The molecule has 1 unspecified atom stereocenters. The number of hydrogen-bond acceptors (Lipinski definition) is 4. The number of carbonyl (C=O) groups excluding carboxylic acids is 2. The minimum Gasteiger partial charge on any atom is -0.367 e.